The summed E-state index contributed by atoms with van der Waals surface area (Å²) in [6, 6.07) is 11.4. The standard InChI is InChI=1S/C19H20N6O2S.C18H22N6O2S/c1-13(5-8-28(2,26)27)14-3-6-20-17(9-14)25-11-15(10-24-25)16-4-7-21-19-18(16)22-12-23-19;1-12(5-8-27(2,25)26)13-3-6-21-16(9-13)24-11-14(10-23-24)15-4-7-22-18(20)17(15)19/h3-4,6-7,9-13H,5,8H2,1-2H3,(H,21,22,23);3-4,6-7,9-12H,5,8,19H2,1-2H3,(H2,20,22). The minimum absolute atomic E-state index is 0.0900. The highest BCUT2D eigenvalue weighted by molar-refractivity contribution is 7.90. The Morgan fingerprint density at radius 1 is 0.673 bits per heavy atom. The van der Waals surface area contributed by atoms with E-state index in [2.05, 4.69) is 40.1 Å². The smallest absolute Gasteiger partial charge is 0.178 e. The number of pyridine rings is 4. The van der Waals surface area contributed by atoms with Crippen LogP contribution in [0.1, 0.15) is 49.7 Å². The SMILES string of the molecule is CC(CCS(C)(=O)=O)c1ccnc(-n2cc(-c3ccnc(N)c3N)cn2)c1.CC(CCS(C)(=O)=O)c1ccnc(-n2cc(-c3ccnc4nc[nH]c34)cn2)c1. The van der Waals surface area contributed by atoms with E-state index in [4.69, 9.17) is 11.5 Å². The molecule has 0 radical (unpaired) electrons. The average molecular weight is 783 g/mol. The lowest BCUT2D eigenvalue weighted by molar-refractivity contribution is 0.592. The van der Waals surface area contributed by atoms with Gasteiger partial charge >= 0.3 is 0 Å². The molecule has 0 aliphatic carbocycles. The minimum atomic E-state index is -2.98. The molecular formula is C37H42N12O4S2. The summed E-state index contributed by atoms with van der Waals surface area (Å²) in [5.74, 6) is 2.12. The number of imidazole rings is 1. The third-order valence-electron chi connectivity index (χ3n) is 9.12. The maximum absolute atomic E-state index is 11.4. The molecule has 0 bridgehead atoms. The fraction of sp³-hybridized carbons (Fsp3) is 0.270. The number of hydrogen-bond donors (Lipinski definition) is 3. The first-order valence-electron chi connectivity index (χ1n) is 17.3. The molecule has 0 aliphatic rings. The zero-order chi connectivity index (χ0) is 39.3. The molecule has 7 aromatic heterocycles. The lowest BCUT2D eigenvalue weighted by atomic mass is 10.00. The van der Waals surface area contributed by atoms with Gasteiger partial charge in [0, 0.05) is 71.9 Å². The molecule has 7 heterocycles. The molecule has 7 aromatic rings. The first kappa shape index (κ1) is 38.7. The maximum atomic E-state index is 11.4. The Kier molecular flexibility index (Phi) is 11.4. The second-order valence-electron chi connectivity index (χ2n) is 13.5. The Labute approximate surface area is 319 Å². The molecular weight excluding hydrogens is 741 g/mol. The number of nitrogens with two attached hydrogens (primary N) is 2. The highest BCUT2D eigenvalue weighted by Crippen LogP contribution is 2.30. The molecule has 55 heavy (non-hydrogen) atoms. The van der Waals surface area contributed by atoms with Gasteiger partial charge in [-0.15, -0.1) is 0 Å². The predicted octanol–water partition coefficient (Wildman–Crippen LogP) is 4.78. The Morgan fingerprint density at radius 2 is 1.16 bits per heavy atom. The van der Waals surface area contributed by atoms with Crippen LogP contribution < -0.4 is 11.5 Å². The quantitative estimate of drug-likeness (QED) is 0.152. The van der Waals surface area contributed by atoms with Crippen LogP contribution in [0, 0.1) is 0 Å². The van der Waals surface area contributed by atoms with Gasteiger partial charge in [-0.1, -0.05) is 13.8 Å². The van der Waals surface area contributed by atoms with E-state index in [1.54, 1.807) is 58.9 Å². The van der Waals surface area contributed by atoms with E-state index in [0.29, 0.717) is 35.8 Å². The topological polar surface area (TPSA) is 236 Å². The van der Waals surface area contributed by atoms with Crippen LogP contribution in [-0.2, 0) is 19.7 Å². The molecule has 0 aromatic carbocycles. The van der Waals surface area contributed by atoms with E-state index >= 15 is 0 Å². The van der Waals surface area contributed by atoms with Gasteiger partial charge in [0.1, 0.15) is 25.5 Å². The van der Waals surface area contributed by atoms with Gasteiger partial charge in [0.2, 0.25) is 0 Å². The van der Waals surface area contributed by atoms with Crippen LogP contribution in [0.2, 0.25) is 0 Å². The highest BCUT2D eigenvalue weighted by Gasteiger charge is 2.15. The lowest BCUT2D eigenvalue weighted by Gasteiger charge is -2.12. The molecule has 0 fully saturated rings. The second-order valence-corrected chi connectivity index (χ2v) is 18.0. The molecule has 0 spiro atoms. The summed E-state index contributed by atoms with van der Waals surface area (Å²) in [6.07, 6.45) is 19.2. The van der Waals surface area contributed by atoms with Gasteiger partial charge in [0.05, 0.1) is 41.4 Å². The molecule has 0 saturated heterocycles. The van der Waals surface area contributed by atoms with Crippen LogP contribution >= 0.6 is 0 Å². The fourth-order valence-electron chi connectivity index (χ4n) is 5.85. The molecule has 0 amide bonds. The molecule has 7 rings (SSSR count). The van der Waals surface area contributed by atoms with Gasteiger partial charge < -0.3 is 16.5 Å². The van der Waals surface area contributed by atoms with Gasteiger partial charge in [-0.3, -0.25) is 0 Å². The minimum Gasteiger partial charge on any atom is -0.395 e. The molecule has 286 valence electrons. The number of nitrogen functional groups attached to an aromatic ring is 2. The van der Waals surface area contributed by atoms with Crippen LogP contribution in [0.4, 0.5) is 11.5 Å². The van der Waals surface area contributed by atoms with Crippen LogP contribution in [0.15, 0.2) is 92.3 Å². The Morgan fingerprint density at radius 3 is 1.71 bits per heavy atom. The number of aromatic nitrogens is 10. The summed E-state index contributed by atoms with van der Waals surface area (Å²) in [7, 11) is -5.96. The highest BCUT2D eigenvalue weighted by atomic mass is 32.2. The van der Waals surface area contributed by atoms with Gasteiger partial charge in [0.15, 0.2) is 17.3 Å². The molecule has 16 nitrogen and oxygen atoms in total. The molecule has 0 saturated carbocycles. The molecule has 5 N–H and O–H groups in total. The fourth-order valence-corrected chi connectivity index (χ4v) is 7.42. The summed E-state index contributed by atoms with van der Waals surface area (Å²) in [4.78, 5) is 24.3. The van der Waals surface area contributed by atoms with Crippen molar-refractivity contribution >= 4 is 42.3 Å². The van der Waals surface area contributed by atoms with E-state index < -0.39 is 19.7 Å². The van der Waals surface area contributed by atoms with E-state index in [0.717, 1.165) is 38.9 Å². The number of H-pyrrole nitrogens is 1. The third-order valence-corrected chi connectivity index (χ3v) is 11.1. The van der Waals surface area contributed by atoms with E-state index in [9.17, 15) is 16.8 Å². The van der Waals surface area contributed by atoms with E-state index in [1.165, 1.54) is 12.5 Å². The van der Waals surface area contributed by atoms with Crippen molar-refractivity contribution in [2.75, 3.05) is 35.5 Å². The van der Waals surface area contributed by atoms with Gasteiger partial charge in [0.25, 0.3) is 0 Å². The van der Waals surface area contributed by atoms with Crippen molar-refractivity contribution in [2.45, 2.75) is 38.5 Å². The first-order chi connectivity index (χ1) is 26.1. The van der Waals surface area contributed by atoms with Crippen molar-refractivity contribution in [1.82, 2.24) is 49.5 Å². The summed E-state index contributed by atoms with van der Waals surface area (Å²) in [5.41, 5.74) is 19.2. The summed E-state index contributed by atoms with van der Waals surface area (Å²) in [5, 5.41) is 8.80. The molecule has 0 aliphatic heterocycles. The van der Waals surface area contributed by atoms with Gasteiger partial charge in [-0.2, -0.15) is 10.2 Å². The third kappa shape index (κ3) is 9.76. The zero-order valence-electron chi connectivity index (χ0n) is 30.8. The van der Waals surface area contributed by atoms with Crippen molar-refractivity contribution in [3.63, 3.8) is 0 Å². The van der Waals surface area contributed by atoms with Gasteiger partial charge in [-0.25, -0.2) is 51.1 Å². The number of sulfone groups is 2. The average Bonchev–Trinajstić information content (AvgIpc) is 3.96. The largest absolute Gasteiger partial charge is 0.395 e. The normalized spacial score (nSPS) is 12.9. The summed E-state index contributed by atoms with van der Waals surface area (Å²) >= 11 is 0. The Hall–Kier alpha value is -6.01. The number of anilines is 2. The van der Waals surface area contributed by atoms with Crippen LogP contribution in [-0.4, -0.2) is 90.3 Å². The molecule has 2 unspecified atom stereocenters. The zero-order valence-corrected chi connectivity index (χ0v) is 32.4. The van der Waals surface area contributed by atoms with Crippen LogP contribution in [0.5, 0.6) is 0 Å². The second kappa shape index (κ2) is 16.2. The maximum Gasteiger partial charge on any atom is 0.178 e. The van der Waals surface area contributed by atoms with Crippen molar-refractivity contribution in [3.8, 4) is 33.9 Å². The number of rotatable bonds is 12. The number of nitrogens with one attached hydrogen (secondary N) is 1. The monoisotopic (exact) mass is 782 g/mol. The van der Waals surface area contributed by atoms with E-state index in [1.807, 2.05) is 56.6 Å². The number of hydrogen-bond acceptors (Lipinski definition) is 13. The lowest BCUT2D eigenvalue weighted by Crippen LogP contribution is -2.07. The Balaban J connectivity index is 0.000000187. The van der Waals surface area contributed by atoms with Crippen LogP contribution in [0.25, 0.3) is 45.1 Å². The van der Waals surface area contributed by atoms with Crippen LogP contribution in [0.3, 0.4) is 0 Å². The van der Waals surface area contributed by atoms with Crippen molar-refractivity contribution in [3.05, 3.63) is 103 Å². The van der Waals surface area contributed by atoms with E-state index in [-0.39, 0.29) is 29.2 Å². The summed E-state index contributed by atoms with van der Waals surface area (Å²) < 4.78 is 49.0. The Bertz CT molecular complexity index is 2650. The predicted molar refractivity (Wildman–Crippen MR) is 213 cm³/mol. The van der Waals surface area contributed by atoms with Gasteiger partial charge in [-0.05, 0) is 72.2 Å². The molecule has 18 heteroatoms. The van der Waals surface area contributed by atoms with Crippen molar-refractivity contribution in [2.24, 2.45) is 0 Å². The van der Waals surface area contributed by atoms with Crippen molar-refractivity contribution < 1.29 is 16.8 Å². The number of nitrogens with zero attached hydrogens (tertiary/aromatic N) is 9. The number of fused-ring (bicyclic) bond motifs is 1. The molecule has 2 atom stereocenters. The number of aromatic amines is 1. The summed E-state index contributed by atoms with van der Waals surface area (Å²) in [6.45, 7) is 4.02. The van der Waals surface area contributed by atoms with Crippen molar-refractivity contribution in [1.29, 1.82) is 0 Å². The first-order valence-corrected chi connectivity index (χ1v) is 21.4.